The normalized spacial score (nSPS) is 16.4. The van der Waals surface area contributed by atoms with Crippen LogP contribution in [-0.2, 0) is 14.8 Å². The first-order chi connectivity index (χ1) is 14.9. The van der Waals surface area contributed by atoms with Crippen LogP contribution in [0.2, 0.25) is 0 Å². The van der Waals surface area contributed by atoms with Crippen LogP contribution in [0.1, 0.15) is 28.2 Å². The monoisotopic (exact) mass is 457 g/mol. The first kappa shape index (κ1) is 21.6. The van der Waals surface area contributed by atoms with E-state index in [2.05, 4.69) is 15.0 Å². The average molecular weight is 458 g/mol. The number of benzene rings is 2. The molecular formula is C22H23N3O4S2. The summed E-state index contributed by atoms with van der Waals surface area (Å²) in [6.07, 6.45) is 1.68. The van der Waals surface area contributed by atoms with Gasteiger partial charge in [-0.25, -0.2) is 18.1 Å². The van der Waals surface area contributed by atoms with Gasteiger partial charge in [-0.05, 0) is 50.1 Å². The fraction of sp³-hybridized carbons (Fsp3) is 0.273. The molecule has 1 amide bonds. The number of rotatable bonds is 7. The standard InChI is InChI=1S/C22H23N3O4S2/c1-15-24-21(14-30-15)16-7-9-18(10-8-16)25-22(26)17-4-2-6-20(12-17)31(27,28)23-13-19-5-3-11-29-19/h2,4,6-10,12,14,19,23H,3,5,11,13H2,1H3,(H,25,26)/t19-/m1/s1. The van der Waals surface area contributed by atoms with Gasteiger partial charge in [0.2, 0.25) is 10.0 Å². The molecule has 1 atom stereocenters. The number of amides is 1. The minimum Gasteiger partial charge on any atom is -0.377 e. The Balaban J connectivity index is 1.43. The number of anilines is 1. The van der Waals surface area contributed by atoms with Gasteiger partial charge in [-0.3, -0.25) is 4.79 Å². The SMILES string of the molecule is Cc1nc(-c2ccc(NC(=O)c3cccc(S(=O)(=O)NC[C@H]4CCCO4)c3)cc2)cs1. The summed E-state index contributed by atoms with van der Waals surface area (Å²) in [7, 11) is -3.73. The van der Waals surface area contributed by atoms with Crippen LogP contribution in [0.25, 0.3) is 11.3 Å². The lowest BCUT2D eigenvalue weighted by atomic mass is 10.1. The van der Waals surface area contributed by atoms with E-state index >= 15 is 0 Å². The zero-order valence-corrected chi connectivity index (χ0v) is 18.6. The minimum atomic E-state index is -3.73. The minimum absolute atomic E-state index is 0.0485. The van der Waals surface area contributed by atoms with E-state index < -0.39 is 10.0 Å². The molecule has 0 unspecified atom stereocenters. The number of thiazole rings is 1. The molecule has 2 N–H and O–H groups in total. The fourth-order valence-electron chi connectivity index (χ4n) is 3.32. The topological polar surface area (TPSA) is 97.4 Å². The molecule has 0 bridgehead atoms. The smallest absolute Gasteiger partial charge is 0.255 e. The average Bonchev–Trinajstić information content (AvgIpc) is 3.45. The molecule has 4 rings (SSSR count). The number of hydrogen-bond acceptors (Lipinski definition) is 6. The maximum Gasteiger partial charge on any atom is 0.255 e. The molecule has 7 nitrogen and oxygen atoms in total. The number of hydrogen-bond donors (Lipinski definition) is 2. The zero-order chi connectivity index (χ0) is 21.8. The Hall–Kier alpha value is -2.59. The van der Waals surface area contributed by atoms with Crippen molar-refractivity contribution in [1.29, 1.82) is 0 Å². The van der Waals surface area contributed by atoms with Gasteiger partial charge in [0.05, 0.1) is 21.7 Å². The number of nitrogens with one attached hydrogen (secondary N) is 2. The van der Waals surface area contributed by atoms with Crippen molar-refractivity contribution in [3.8, 4) is 11.3 Å². The van der Waals surface area contributed by atoms with Crippen molar-refractivity contribution in [2.75, 3.05) is 18.5 Å². The first-order valence-corrected chi connectivity index (χ1v) is 12.3. The van der Waals surface area contributed by atoms with Crippen LogP contribution in [0.5, 0.6) is 0 Å². The lowest BCUT2D eigenvalue weighted by Gasteiger charge is -2.12. The predicted molar refractivity (Wildman–Crippen MR) is 121 cm³/mol. The van der Waals surface area contributed by atoms with E-state index in [1.165, 1.54) is 12.1 Å². The maximum atomic E-state index is 12.7. The van der Waals surface area contributed by atoms with Crippen molar-refractivity contribution >= 4 is 33.0 Å². The molecule has 1 fully saturated rings. The van der Waals surface area contributed by atoms with Crippen molar-refractivity contribution in [3.05, 3.63) is 64.5 Å². The molecule has 0 radical (unpaired) electrons. The van der Waals surface area contributed by atoms with Crippen molar-refractivity contribution in [1.82, 2.24) is 9.71 Å². The highest BCUT2D eigenvalue weighted by atomic mass is 32.2. The Morgan fingerprint density at radius 1 is 1.23 bits per heavy atom. The molecule has 9 heteroatoms. The lowest BCUT2D eigenvalue weighted by Crippen LogP contribution is -2.32. The summed E-state index contributed by atoms with van der Waals surface area (Å²) >= 11 is 1.58. The summed E-state index contributed by atoms with van der Waals surface area (Å²) < 4.78 is 33.2. The Bertz CT molecular complexity index is 1170. The van der Waals surface area contributed by atoms with E-state index in [0.717, 1.165) is 29.1 Å². The summed E-state index contributed by atoms with van der Waals surface area (Å²) in [5, 5.41) is 5.79. The quantitative estimate of drug-likeness (QED) is 0.562. The van der Waals surface area contributed by atoms with E-state index in [0.29, 0.717) is 12.3 Å². The van der Waals surface area contributed by atoms with Gasteiger partial charge in [-0.2, -0.15) is 0 Å². The number of carbonyl (C=O) groups excluding carboxylic acids is 1. The van der Waals surface area contributed by atoms with Crippen LogP contribution in [0.15, 0.2) is 58.8 Å². The molecule has 1 aromatic heterocycles. The van der Waals surface area contributed by atoms with Crippen molar-refractivity contribution in [2.24, 2.45) is 0 Å². The van der Waals surface area contributed by atoms with E-state index in [1.54, 1.807) is 35.6 Å². The molecule has 3 aromatic rings. The van der Waals surface area contributed by atoms with Gasteiger partial charge < -0.3 is 10.1 Å². The number of aryl methyl sites for hydroxylation is 1. The van der Waals surface area contributed by atoms with E-state index in [1.807, 2.05) is 24.4 Å². The van der Waals surface area contributed by atoms with Crippen LogP contribution < -0.4 is 10.0 Å². The van der Waals surface area contributed by atoms with Gasteiger partial charge in [0.15, 0.2) is 0 Å². The highest BCUT2D eigenvalue weighted by Gasteiger charge is 2.21. The second-order valence-corrected chi connectivity index (χ2v) is 10.1. The molecule has 1 aliphatic heterocycles. The molecule has 162 valence electrons. The molecule has 31 heavy (non-hydrogen) atoms. The molecular weight excluding hydrogens is 434 g/mol. The van der Waals surface area contributed by atoms with Gasteiger partial charge in [0, 0.05) is 35.3 Å². The third kappa shape index (κ3) is 5.37. The largest absolute Gasteiger partial charge is 0.377 e. The second kappa shape index (κ2) is 9.27. The summed E-state index contributed by atoms with van der Waals surface area (Å²) in [5.41, 5.74) is 2.74. The van der Waals surface area contributed by atoms with Crippen molar-refractivity contribution in [2.45, 2.75) is 30.8 Å². The van der Waals surface area contributed by atoms with Crippen LogP contribution >= 0.6 is 11.3 Å². The molecule has 2 aromatic carbocycles. The Kier molecular flexibility index (Phi) is 6.47. The zero-order valence-electron chi connectivity index (χ0n) is 17.0. The third-order valence-corrected chi connectivity index (χ3v) is 7.18. The predicted octanol–water partition coefficient (Wildman–Crippen LogP) is 3.83. The summed E-state index contributed by atoms with van der Waals surface area (Å²) in [6, 6.07) is 13.4. The summed E-state index contributed by atoms with van der Waals surface area (Å²) in [5.74, 6) is -0.381. The van der Waals surface area contributed by atoms with Crippen LogP contribution in [-0.4, -0.2) is 38.6 Å². The fourth-order valence-corrected chi connectivity index (χ4v) is 5.05. The second-order valence-electron chi connectivity index (χ2n) is 7.30. The molecule has 0 aliphatic carbocycles. The third-order valence-electron chi connectivity index (χ3n) is 4.99. The number of sulfonamides is 1. The van der Waals surface area contributed by atoms with E-state index in [-0.39, 0.29) is 29.0 Å². The van der Waals surface area contributed by atoms with Crippen LogP contribution in [0, 0.1) is 6.92 Å². The molecule has 1 saturated heterocycles. The van der Waals surface area contributed by atoms with Crippen molar-refractivity contribution in [3.63, 3.8) is 0 Å². The lowest BCUT2D eigenvalue weighted by molar-refractivity contribution is 0.102. The molecule has 0 spiro atoms. The van der Waals surface area contributed by atoms with Gasteiger partial charge in [-0.15, -0.1) is 11.3 Å². The molecule has 2 heterocycles. The number of aromatic nitrogens is 1. The Morgan fingerprint density at radius 2 is 2.03 bits per heavy atom. The number of nitrogens with zero attached hydrogens (tertiary/aromatic N) is 1. The summed E-state index contributed by atoms with van der Waals surface area (Å²) in [6.45, 7) is 2.84. The van der Waals surface area contributed by atoms with Crippen molar-refractivity contribution < 1.29 is 17.9 Å². The highest BCUT2D eigenvalue weighted by Crippen LogP contribution is 2.23. The molecule has 1 aliphatic rings. The van der Waals surface area contributed by atoms with Crippen LogP contribution in [0.4, 0.5) is 5.69 Å². The molecule has 0 saturated carbocycles. The Labute approximate surface area is 185 Å². The summed E-state index contributed by atoms with van der Waals surface area (Å²) in [4.78, 5) is 17.2. The highest BCUT2D eigenvalue weighted by molar-refractivity contribution is 7.89. The van der Waals surface area contributed by atoms with Gasteiger partial charge >= 0.3 is 0 Å². The Morgan fingerprint density at radius 3 is 2.71 bits per heavy atom. The van der Waals surface area contributed by atoms with E-state index in [4.69, 9.17) is 4.74 Å². The number of carbonyl (C=O) groups is 1. The van der Waals surface area contributed by atoms with Gasteiger partial charge in [0.25, 0.3) is 5.91 Å². The van der Waals surface area contributed by atoms with Crippen LogP contribution in [0.3, 0.4) is 0 Å². The van der Waals surface area contributed by atoms with E-state index in [9.17, 15) is 13.2 Å². The van der Waals surface area contributed by atoms with Gasteiger partial charge in [-0.1, -0.05) is 18.2 Å². The maximum absolute atomic E-state index is 12.7. The first-order valence-electron chi connectivity index (χ1n) is 9.96. The van der Waals surface area contributed by atoms with Gasteiger partial charge in [0.1, 0.15) is 0 Å². The number of ether oxygens (including phenoxy) is 1.